The first-order valence-corrected chi connectivity index (χ1v) is 8.26. The Labute approximate surface area is 155 Å². The predicted molar refractivity (Wildman–Crippen MR) is 102 cm³/mol. The highest BCUT2D eigenvalue weighted by molar-refractivity contribution is 14.0. The molecule has 0 amide bonds. The molecule has 7 heteroatoms. The summed E-state index contributed by atoms with van der Waals surface area (Å²) in [6, 6.07) is 0. The molecule has 6 nitrogen and oxygen atoms in total. The van der Waals surface area contributed by atoms with Crippen molar-refractivity contribution >= 4 is 29.9 Å². The highest BCUT2D eigenvalue weighted by Gasteiger charge is 2.32. The Morgan fingerprint density at radius 1 is 1.48 bits per heavy atom. The molecule has 2 fully saturated rings. The third-order valence-electron chi connectivity index (χ3n) is 5.01. The number of nitrogens with one attached hydrogen (secondary N) is 1. The first-order chi connectivity index (χ1) is 10.6. The standard InChI is InChI=1S/C16H27N5O.HI/c1-17-15(18-12-16(22)6-3-4-7-16)21-8-5-13(11-21)14-9-19-20(2)10-14;/h9-10,13,22H,3-8,11-12H2,1-2H3,(H,17,18);1H. The minimum atomic E-state index is -0.543. The number of aromatic nitrogens is 2. The molecule has 0 radical (unpaired) electrons. The van der Waals surface area contributed by atoms with Crippen LogP contribution in [0.1, 0.15) is 43.6 Å². The predicted octanol–water partition coefficient (Wildman–Crippen LogP) is 1.71. The summed E-state index contributed by atoms with van der Waals surface area (Å²) >= 11 is 0. The number of aliphatic imine (C=N–C) groups is 1. The van der Waals surface area contributed by atoms with Crippen molar-refractivity contribution in [1.82, 2.24) is 20.0 Å². The van der Waals surface area contributed by atoms with Crippen LogP contribution < -0.4 is 5.32 Å². The lowest BCUT2D eigenvalue weighted by molar-refractivity contribution is 0.0516. The number of guanidine groups is 1. The fourth-order valence-corrected chi connectivity index (χ4v) is 3.66. The Balaban J connectivity index is 0.00000192. The van der Waals surface area contributed by atoms with Gasteiger partial charge >= 0.3 is 0 Å². The van der Waals surface area contributed by atoms with E-state index in [2.05, 4.69) is 26.5 Å². The maximum absolute atomic E-state index is 10.5. The molecule has 0 aromatic carbocycles. The van der Waals surface area contributed by atoms with Gasteiger partial charge in [-0.2, -0.15) is 5.10 Å². The van der Waals surface area contributed by atoms with Gasteiger partial charge in [-0.1, -0.05) is 12.8 Å². The summed E-state index contributed by atoms with van der Waals surface area (Å²) in [6.45, 7) is 2.56. The van der Waals surface area contributed by atoms with E-state index in [0.29, 0.717) is 12.5 Å². The van der Waals surface area contributed by atoms with Gasteiger partial charge in [0, 0.05) is 45.8 Å². The molecule has 130 valence electrons. The molecule has 0 bridgehead atoms. The van der Waals surface area contributed by atoms with E-state index in [-0.39, 0.29) is 24.0 Å². The van der Waals surface area contributed by atoms with Gasteiger partial charge in [-0.15, -0.1) is 24.0 Å². The Morgan fingerprint density at radius 2 is 2.22 bits per heavy atom. The fourth-order valence-electron chi connectivity index (χ4n) is 3.66. The minimum absolute atomic E-state index is 0. The van der Waals surface area contributed by atoms with Crippen LogP contribution in [0.2, 0.25) is 0 Å². The molecule has 2 N–H and O–H groups in total. The fraction of sp³-hybridized carbons (Fsp3) is 0.750. The zero-order valence-electron chi connectivity index (χ0n) is 14.0. The molecule has 3 rings (SSSR count). The van der Waals surface area contributed by atoms with E-state index in [4.69, 9.17) is 0 Å². The second-order valence-corrected chi connectivity index (χ2v) is 6.71. The van der Waals surface area contributed by atoms with Gasteiger partial charge in [0.15, 0.2) is 5.96 Å². The number of aliphatic hydroxyl groups is 1. The first kappa shape index (κ1) is 18.5. The van der Waals surface area contributed by atoms with Crippen molar-refractivity contribution < 1.29 is 5.11 Å². The highest BCUT2D eigenvalue weighted by atomic mass is 127. The third kappa shape index (κ3) is 4.37. The molecule has 2 aliphatic rings. The van der Waals surface area contributed by atoms with Crippen LogP contribution in [0.4, 0.5) is 0 Å². The van der Waals surface area contributed by atoms with E-state index in [1.165, 1.54) is 5.56 Å². The average molecular weight is 433 g/mol. The van der Waals surface area contributed by atoms with Crippen LogP contribution in [0.25, 0.3) is 0 Å². The average Bonchev–Trinajstić information content (AvgIpc) is 3.21. The zero-order chi connectivity index (χ0) is 15.6. The lowest BCUT2D eigenvalue weighted by Crippen LogP contribution is -2.47. The lowest BCUT2D eigenvalue weighted by Gasteiger charge is -2.27. The summed E-state index contributed by atoms with van der Waals surface area (Å²) < 4.78 is 1.86. The molecule has 1 aliphatic heterocycles. The Hall–Kier alpha value is -0.830. The van der Waals surface area contributed by atoms with Gasteiger partial charge in [-0.05, 0) is 24.8 Å². The Bertz CT molecular complexity index is 538. The second kappa shape index (κ2) is 7.83. The molecule has 1 unspecified atom stereocenters. The molecule has 1 aromatic heterocycles. The number of rotatable bonds is 3. The number of nitrogens with zero attached hydrogens (tertiary/aromatic N) is 4. The Morgan fingerprint density at radius 3 is 2.83 bits per heavy atom. The van der Waals surface area contributed by atoms with Crippen LogP contribution in [0.3, 0.4) is 0 Å². The molecule has 2 heterocycles. The number of halogens is 1. The molecule has 1 atom stereocenters. The van der Waals surface area contributed by atoms with E-state index in [1.54, 1.807) is 0 Å². The number of aryl methyl sites for hydroxylation is 1. The smallest absolute Gasteiger partial charge is 0.193 e. The normalized spacial score (nSPS) is 23.9. The van der Waals surface area contributed by atoms with Crippen molar-refractivity contribution in [3.05, 3.63) is 18.0 Å². The molecule has 1 aliphatic carbocycles. The molecule has 1 saturated heterocycles. The number of likely N-dealkylation sites (tertiary alicyclic amines) is 1. The highest BCUT2D eigenvalue weighted by Crippen LogP contribution is 2.29. The van der Waals surface area contributed by atoms with Crippen molar-refractivity contribution in [2.24, 2.45) is 12.0 Å². The number of hydrogen-bond acceptors (Lipinski definition) is 3. The SMILES string of the molecule is CN=C(NCC1(O)CCCC1)N1CCC(c2cnn(C)c2)C1.I. The topological polar surface area (TPSA) is 65.7 Å². The molecule has 1 aromatic rings. The molecular weight excluding hydrogens is 405 g/mol. The van der Waals surface area contributed by atoms with Gasteiger partial charge in [0.25, 0.3) is 0 Å². The summed E-state index contributed by atoms with van der Waals surface area (Å²) in [5.41, 5.74) is 0.758. The Kier molecular flexibility index (Phi) is 6.30. The maximum atomic E-state index is 10.5. The lowest BCUT2D eigenvalue weighted by atomic mass is 10.0. The zero-order valence-corrected chi connectivity index (χ0v) is 16.4. The summed E-state index contributed by atoms with van der Waals surface area (Å²) in [4.78, 5) is 6.68. The van der Waals surface area contributed by atoms with Crippen LogP contribution in [-0.4, -0.2) is 58.0 Å². The third-order valence-corrected chi connectivity index (χ3v) is 5.01. The maximum Gasteiger partial charge on any atom is 0.193 e. The minimum Gasteiger partial charge on any atom is -0.388 e. The van der Waals surface area contributed by atoms with Crippen molar-refractivity contribution in [3.8, 4) is 0 Å². The van der Waals surface area contributed by atoms with E-state index >= 15 is 0 Å². The monoisotopic (exact) mass is 433 g/mol. The van der Waals surface area contributed by atoms with Gasteiger partial charge < -0.3 is 15.3 Å². The van der Waals surface area contributed by atoms with E-state index in [0.717, 1.165) is 51.2 Å². The van der Waals surface area contributed by atoms with Crippen molar-refractivity contribution in [3.63, 3.8) is 0 Å². The largest absolute Gasteiger partial charge is 0.388 e. The summed E-state index contributed by atoms with van der Waals surface area (Å²) in [5, 5.41) is 18.1. The van der Waals surface area contributed by atoms with Crippen LogP contribution in [0, 0.1) is 0 Å². The van der Waals surface area contributed by atoms with Crippen molar-refractivity contribution in [2.45, 2.75) is 43.6 Å². The summed E-state index contributed by atoms with van der Waals surface area (Å²) in [5.74, 6) is 1.42. The van der Waals surface area contributed by atoms with E-state index < -0.39 is 5.60 Å². The molecule has 1 saturated carbocycles. The van der Waals surface area contributed by atoms with Crippen LogP contribution in [-0.2, 0) is 7.05 Å². The van der Waals surface area contributed by atoms with Crippen molar-refractivity contribution in [2.75, 3.05) is 26.7 Å². The second-order valence-electron chi connectivity index (χ2n) is 6.71. The summed E-state index contributed by atoms with van der Waals surface area (Å²) in [6.07, 6.45) is 9.24. The first-order valence-electron chi connectivity index (χ1n) is 8.26. The molecule has 23 heavy (non-hydrogen) atoms. The quantitative estimate of drug-likeness (QED) is 0.433. The van der Waals surface area contributed by atoms with Crippen LogP contribution in [0.15, 0.2) is 17.4 Å². The van der Waals surface area contributed by atoms with Crippen LogP contribution >= 0.6 is 24.0 Å². The van der Waals surface area contributed by atoms with Gasteiger partial charge in [-0.25, -0.2) is 0 Å². The van der Waals surface area contributed by atoms with Gasteiger partial charge in [0.2, 0.25) is 0 Å². The van der Waals surface area contributed by atoms with Crippen LogP contribution in [0.5, 0.6) is 0 Å². The molecule has 0 spiro atoms. The van der Waals surface area contributed by atoms with E-state index in [1.807, 2.05) is 25.0 Å². The molecular formula is C16H28IN5O. The van der Waals surface area contributed by atoms with Gasteiger partial charge in [0.1, 0.15) is 0 Å². The number of hydrogen-bond donors (Lipinski definition) is 2. The van der Waals surface area contributed by atoms with Crippen molar-refractivity contribution in [1.29, 1.82) is 0 Å². The summed E-state index contributed by atoms with van der Waals surface area (Å²) in [7, 11) is 3.78. The van der Waals surface area contributed by atoms with Gasteiger partial charge in [0.05, 0.1) is 11.8 Å². The van der Waals surface area contributed by atoms with E-state index in [9.17, 15) is 5.11 Å². The van der Waals surface area contributed by atoms with Gasteiger partial charge in [-0.3, -0.25) is 9.67 Å².